The van der Waals surface area contributed by atoms with Crippen molar-refractivity contribution in [2.24, 2.45) is 0 Å². The Bertz CT molecular complexity index is 266. The molecule has 0 fully saturated rings. The van der Waals surface area contributed by atoms with Gasteiger partial charge in [0.25, 0.3) is 0 Å². The third-order valence-corrected chi connectivity index (χ3v) is 1.60. The number of aliphatic hydroxyl groups is 1. The maximum atomic E-state index is 8.80. The zero-order valence-corrected chi connectivity index (χ0v) is 7.82. The topological polar surface area (TPSA) is 54.4 Å². The van der Waals surface area contributed by atoms with Crippen molar-refractivity contribution < 1.29 is 9.84 Å². The Morgan fingerprint density at radius 3 is 3.00 bits per heavy atom. The first kappa shape index (κ1) is 9.80. The lowest BCUT2D eigenvalue weighted by Gasteiger charge is -2.11. The molecule has 1 heterocycles. The fourth-order valence-corrected chi connectivity index (χ4v) is 0.907. The lowest BCUT2D eigenvalue weighted by molar-refractivity contribution is 0.281. The van der Waals surface area contributed by atoms with E-state index in [0.29, 0.717) is 11.7 Å². The second-order valence-corrected chi connectivity index (χ2v) is 2.79. The molecule has 0 aliphatic heterocycles. The van der Waals surface area contributed by atoms with Crippen LogP contribution < -0.4 is 10.1 Å². The number of anilines is 1. The van der Waals surface area contributed by atoms with Crippen LogP contribution in [-0.2, 0) is 0 Å². The van der Waals surface area contributed by atoms with Gasteiger partial charge in [-0.2, -0.15) is 4.98 Å². The van der Waals surface area contributed by atoms with Crippen molar-refractivity contribution in [3.05, 3.63) is 18.2 Å². The summed E-state index contributed by atoms with van der Waals surface area (Å²) in [6.45, 7) is 1.96. The molecule has 1 unspecified atom stereocenters. The highest BCUT2D eigenvalue weighted by molar-refractivity contribution is 5.37. The Hall–Kier alpha value is -1.29. The van der Waals surface area contributed by atoms with Gasteiger partial charge in [0, 0.05) is 12.1 Å². The lowest BCUT2D eigenvalue weighted by atomic mass is 10.3. The van der Waals surface area contributed by atoms with Crippen LogP contribution in [0, 0.1) is 0 Å². The van der Waals surface area contributed by atoms with Gasteiger partial charge in [-0.25, -0.2) is 0 Å². The predicted octanol–water partition coefficient (Wildman–Crippen LogP) is 0.883. The van der Waals surface area contributed by atoms with Crippen LogP contribution in [0.25, 0.3) is 0 Å². The molecule has 1 aromatic heterocycles. The van der Waals surface area contributed by atoms with Crippen LogP contribution >= 0.6 is 0 Å². The first-order valence-corrected chi connectivity index (χ1v) is 4.14. The normalized spacial score (nSPS) is 12.2. The molecule has 1 aromatic rings. The minimum Gasteiger partial charge on any atom is -0.481 e. The minimum absolute atomic E-state index is 0.000365. The van der Waals surface area contributed by atoms with Crippen LogP contribution in [0.5, 0.6) is 5.88 Å². The fourth-order valence-electron chi connectivity index (χ4n) is 0.907. The predicted molar refractivity (Wildman–Crippen MR) is 51.0 cm³/mol. The minimum atomic E-state index is -0.000365. The molecule has 0 spiro atoms. The molecule has 1 rings (SSSR count). The Labute approximate surface area is 77.6 Å². The molecule has 0 aliphatic carbocycles. The van der Waals surface area contributed by atoms with Gasteiger partial charge in [-0.05, 0) is 13.0 Å². The quantitative estimate of drug-likeness (QED) is 0.726. The van der Waals surface area contributed by atoms with E-state index < -0.39 is 0 Å². The molecule has 4 heteroatoms. The number of rotatable bonds is 4. The van der Waals surface area contributed by atoms with Gasteiger partial charge in [0.1, 0.15) is 5.82 Å². The number of aromatic nitrogens is 1. The van der Waals surface area contributed by atoms with E-state index in [-0.39, 0.29) is 12.6 Å². The van der Waals surface area contributed by atoms with E-state index in [1.165, 1.54) is 0 Å². The number of aliphatic hydroxyl groups excluding tert-OH is 1. The number of ether oxygens (including phenoxy) is 1. The van der Waals surface area contributed by atoms with Gasteiger partial charge in [0.15, 0.2) is 0 Å². The van der Waals surface area contributed by atoms with E-state index >= 15 is 0 Å². The van der Waals surface area contributed by atoms with Crippen LogP contribution in [-0.4, -0.2) is 29.8 Å². The smallest absolute Gasteiger partial charge is 0.214 e. The molecule has 72 valence electrons. The Kier molecular flexibility index (Phi) is 3.52. The zero-order valence-electron chi connectivity index (χ0n) is 7.82. The van der Waals surface area contributed by atoms with Crippen molar-refractivity contribution in [2.75, 3.05) is 19.0 Å². The molecule has 0 saturated carbocycles. The van der Waals surface area contributed by atoms with Gasteiger partial charge in [0.05, 0.1) is 13.7 Å². The second-order valence-electron chi connectivity index (χ2n) is 2.79. The van der Waals surface area contributed by atoms with Crippen molar-refractivity contribution in [1.29, 1.82) is 0 Å². The first-order valence-electron chi connectivity index (χ1n) is 4.14. The summed E-state index contributed by atoms with van der Waals surface area (Å²) in [5, 5.41) is 11.8. The zero-order chi connectivity index (χ0) is 9.68. The van der Waals surface area contributed by atoms with Crippen LogP contribution in [0.2, 0.25) is 0 Å². The molecule has 0 saturated heterocycles. The van der Waals surface area contributed by atoms with Crippen molar-refractivity contribution in [3.63, 3.8) is 0 Å². The van der Waals surface area contributed by atoms with Crippen LogP contribution in [0.3, 0.4) is 0 Å². The highest BCUT2D eigenvalue weighted by Gasteiger charge is 2.01. The van der Waals surface area contributed by atoms with Gasteiger partial charge in [-0.15, -0.1) is 0 Å². The van der Waals surface area contributed by atoms with Crippen LogP contribution in [0.1, 0.15) is 6.92 Å². The largest absolute Gasteiger partial charge is 0.481 e. The molecule has 1 atom stereocenters. The monoisotopic (exact) mass is 182 g/mol. The Morgan fingerprint density at radius 2 is 2.38 bits per heavy atom. The number of nitrogens with one attached hydrogen (secondary N) is 1. The molecular weight excluding hydrogens is 168 g/mol. The van der Waals surface area contributed by atoms with Crippen molar-refractivity contribution in [1.82, 2.24) is 4.98 Å². The maximum absolute atomic E-state index is 8.80. The van der Waals surface area contributed by atoms with E-state index in [0.717, 1.165) is 0 Å². The number of hydrogen-bond acceptors (Lipinski definition) is 4. The van der Waals surface area contributed by atoms with Crippen molar-refractivity contribution in [3.8, 4) is 5.88 Å². The van der Waals surface area contributed by atoms with Gasteiger partial charge in [-0.1, -0.05) is 6.07 Å². The molecule has 0 bridgehead atoms. The highest BCUT2D eigenvalue weighted by Crippen LogP contribution is 2.11. The highest BCUT2D eigenvalue weighted by atomic mass is 16.5. The van der Waals surface area contributed by atoms with E-state index in [9.17, 15) is 0 Å². The number of methoxy groups -OCH3 is 1. The van der Waals surface area contributed by atoms with Crippen molar-refractivity contribution >= 4 is 5.82 Å². The third-order valence-electron chi connectivity index (χ3n) is 1.60. The summed E-state index contributed by atoms with van der Waals surface area (Å²) in [7, 11) is 1.57. The summed E-state index contributed by atoms with van der Waals surface area (Å²) in [5.41, 5.74) is 0. The number of hydrogen-bond donors (Lipinski definition) is 2. The molecule has 0 radical (unpaired) electrons. The summed E-state index contributed by atoms with van der Waals surface area (Å²) >= 11 is 0. The van der Waals surface area contributed by atoms with E-state index in [1.54, 1.807) is 13.2 Å². The van der Waals surface area contributed by atoms with Crippen LogP contribution in [0.4, 0.5) is 5.82 Å². The molecule has 2 N–H and O–H groups in total. The van der Waals surface area contributed by atoms with E-state index in [4.69, 9.17) is 9.84 Å². The SMILES string of the molecule is COc1cccc(NC(C)CO)n1. The summed E-state index contributed by atoms with van der Waals surface area (Å²) in [6.07, 6.45) is 0. The Balaban J connectivity index is 2.66. The summed E-state index contributed by atoms with van der Waals surface area (Å²) in [5.74, 6) is 1.27. The Morgan fingerprint density at radius 1 is 1.62 bits per heavy atom. The lowest BCUT2D eigenvalue weighted by Crippen LogP contribution is -2.19. The third kappa shape index (κ3) is 2.91. The first-order chi connectivity index (χ1) is 6.26. The van der Waals surface area contributed by atoms with Crippen LogP contribution in [0.15, 0.2) is 18.2 Å². The molecule has 0 aliphatic rings. The standard InChI is InChI=1S/C9H14N2O2/c1-7(6-12)10-8-4-3-5-9(11-8)13-2/h3-5,7,12H,6H2,1-2H3,(H,10,11). The van der Waals surface area contributed by atoms with Gasteiger partial charge < -0.3 is 15.2 Å². The second kappa shape index (κ2) is 4.67. The molecule has 13 heavy (non-hydrogen) atoms. The van der Waals surface area contributed by atoms with Gasteiger partial charge in [0.2, 0.25) is 5.88 Å². The molecule has 4 nitrogen and oxygen atoms in total. The maximum Gasteiger partial charge on any atom is 0.214 e. The average Bonchev–Trinajstić information content (AvgIpc) is 2.18. The van der Waals surface area contributed by atoms with E-state index in [2.05, 4.69) is 10.3 Å². The van der Waals surface area contributed by atoms with E-state index in [1.807, 2.05) is 19.1 Å². The average molecular weight is 182 g/mol. The molecule has 0 amide bonds. The summed E-state index contributed by atoms with van der Waals surface area (Å²) < 4.78 is 4.96. The van der Waals surface area contributed by atoms with Crippen molar-refractivity contribution in [2.45, 2.75) is 13.0 Å². The fraction of sp³-hybridized carbons (Fsp3) is 0.444. The number of pyridine rings is 1. The molecule has 0 aromatic carbocycles. The molecular formula is C9H14N2O2. The summed E-state index contributed by atoms with van der Waals surface area (Å²) in [6, 6.07) is 5.45. The van der Waals surface area contributed by atoms with Gasteiger partial charge >= 0.3 is 0 Å². The number of nitrogens with zero attached hydrogens (tertiary/aromatic N) is 1. The van der Waals surface area contributed by atoms with Gasteiger partial charge in [-0.3, -0.25) is 0 Å². The summed E-state index contributed by atoms with van der Waals surface area (Å²) in [4.78, 5) is 4.13.